The summed E-state index contributed by atoms with van der Waals surface area (Å²) in [7, 11) is -3.53. The van der Waals surface area contributed by atoms with Crippen molar-refractivity contribution in [2.45, 2.75) is 50.7 Å². The predicted molar refractivity (Wildman–Crippen MR) is 78.4 cm³/mol. The SMILES string of the molecule is CC1CC(C)CC(NS(=O)(=O)c2ccc(CN)cn2)C1. The van der Waals surface area contributed by atoms with Crippen LogP contribution in [0, 0.1) is 11.8 Å². The lowest BCUT2D eigenvalue weighted by Crippen LogP contribution is -2.40. The maximum atomic E-state index is 12.3. The van der Waals surface area contributed by atoms with E-state index in [4.69, 9.17) is 5.73 Å². The molecule has 0 saturated heterocycles. The molecule has 0 aliphatic heterocycles. The van der Waals surface area contributed by atoms with E-state index in [2.05, 4.69) is 23.6 Å². The van der Waals surface area contributed by atoms with E-state index in [1.807, 2.05) is 0 Å². The molecule has 1 heterocycles. The van der Waals surface area contributed by atoms with Gasteiger partial charge in [0.25, 0.3) is 10.0 Å². The van der Waals surface area contributed by atoms with Gasteiger partial charge >= 0.3 is 0 Å². The number of hydrogen-bond acceptors (Lipinski definition) is 4. The highest BCUT2D eigenvalue weighted by molar-refractivity contribution is 7.89. The molecule has 0 radical (unpaired) electrons. The molecule has 2 atom stereocenters. The molecule has 5 nitrogen and oxygen atoms in total. The second-order valence-corrected chi connectivity index (χ2v) is 7.61. The van der Waals surface area contributed by atoms with E-state index >= 15 is 0 Å². The van der Waals surface area contributed by atoms with Crippen molar-refractivity contribution in [3.8, 4) is 0 Å². The van der Waals surface area contributed by atoms with Gasteiger partial charge in [-0.15, -0.1) is 0 Å². The Morgan fingerprint density at radius 2 is 1.90 bits per heavy atom. The average Bonchev–Trinajstić information content (AvgIpc) is 2.37. The quantitative estimate of drug-likeness (QED) is 0.885. The van der Waals surface area contributed by atoms with Gasteiger partial charge in [-0.25, -0.2) is 18.1 Å². The highest BCUT2D eigenvalue weighted by atomic mass is 32.2. The van der Waals surface area contributed by atoms with Crippen LogP contribution in [0.25, 0.3) is 0 Å². The van der Waals surface area contributed by atoms with Gasteiger partial charge in [0.2, 0.25) is 0 Å². The van der Waals surface area contributed by atoms with Crippen LogP contribution in [0.5, 0.6) is 0 Å². The van der Waals surface area contributed by atoms with Crippen molar-refractivity contribution in [3.05, 3.63) is 23.9 Å². The van der Waals surface area contributed by atoms with Crippen LogP contribution in [0.3, 0.4) is 0 Å². The minimum Gasteiger partial charge on any atom is -0.326 e. The Morgan fingerprint density at radius 1 is 1.25 bits per heavy atom. The van der Waals surface area contributed by atoms with Crippen molar-refractivity contribution in [2.24, 2.45) is 17.6 Å². The molecule has 1 aliphatic rings. The third-order valence-electron chi connectivity index (χ3n) is 3.81. The van der Waals surface area contributed by atoms with Crippen LogP contribution in [0.15, 0.2) is 23.4 Å². The largest absolute Gasteiger partial charge is 0.326 e. The van der Waals surface area contributed by atoms with Gasteiger partial charge in [0.05, 0.1) is 0 Å². The summed E-state index contributed by atoms with van der Waals surface area (Å²) >= 11 is 0. The maximum Gasteiger partial charge on any atom is 0.258 e. The van der Waals surface area contributed by atoms with Crippen LogP contribution in [0.1, 0.15) is 38.7 Å². The molecule has 112 valence electrons. The molecule has 2 rings (SSSR count). The summed E-state index contributed by atoms with van der Waals surface area (Å²) in [4.78, 5) is 3.99. The average molecular weight is 297 g/mol. The molecule has 0 amide bonds. The number of nitrogens with one attached hydrogen (secondary N) is 1. The Balaban J connectivity index is 2.09. The number of sulfonamides is 1. The lowest BCUT2D eigenvalue weighted by atomic mass is 9.81. The summed E-state index contributed by atoms with van der Waals surface area (Å²) in [5.41, 5.74) is 6.31. The van der Waals surface area contributed by atoms with Crippen molar-refractivity contribution in [3.63, 3.8) is 0 Å². The Morgan fingerprint density at radius 3 is 2.40 bits per heavy atom. The van der Waals surface area contributed by atoms with Crippen molar-refractivity contribution in [1.29, 1.82) is 0 Å². The molecule has 0 bridgehead atoms. The molecule has 1 aromatic rings. The number of aromatic nitrogens is 1. The number of nitrogens with zero attached hydrogens (tertiary/aromatic N) is 1. The third-order valence-corrected chi connectivity index (χ3v) is 5.24. The molecule has 0 spiro atoms. The maximum absolute atomic E-state index is 12.3. The molecule has 6 heteroatoms. The highest BCUT2D eigenvalue weighted by Crippen LogP contribution is 2.29. The molecule has 1 aliphatic carbocycles. The first-order valence-corrected chi connectivity index (χ1v) is 8.56. The van der Waals surface area contributed by atoms with Gasteiger partial charge in [0, 0.05) is 18.8 Å². The first-order chi connectivity index (χ1) is 9.40. The van der Waals surface area contributed by atoms with Crippen LogP contribution in [-0.2, 0) is 16.6 Å². The number of rotatable bonds is 4. The van der Waals surface area contributed by atoms with Crippen LogP contribution in [-0.4, -0.2) is 19.4 Å². The van der Waals surface area contributed by atoms with Crippen LogP contribution in [0.2, 0.25) is 0 Å². The fourth-order valence-electron chi connectivity index (χ4n) is 3.01. The molecule has 20 heavy (non-hydrogen) atoms. The number of nitrogens with two attached hydrogens (primary N) is 1. The monoisotopic (exact) mass is 297 g/mol. The Labute approximate surface area is 121 Å². The van der Waals surface area contributed by atoms with E-state index in [1.54, 1.807) is 6.07 Å². The van der Waals surface area contributed by atoms with E-state index in [-0.39, 0.29) is 11.1 Å². The molecule has 1 saturated carbocycles. The zero-order valence-corrected chi connectivity index (χ0v) is 12.9. The molecule has 2 unspecified atom stereocenters. The molecule has 1 fully saturated rings. The highest BCUT2D eigenvalue weighted by Gasteiger charge is 2.28. The van der Waals surface area contributed by atoms with Gasteiger partial charge < -0.3 is 5.73 Å². The van der Waals surface area contributed by atoms with Gasteiger partial charge in [0.1, 0.15) is 0 Å². The summed E-state index contributed by atoms with van der Waals surface area (Å²) in [5.74, 6) is 1.11. The summed E-state index contributed by atoms with van der Waals surface area (Å²) in [6.07, 6.45) is 4.47. The predicted octanol–water partition coefficient (Wildman–Crippen LogP) is 1.64. The molecule has 3 N–H and O–H groups in total. The topological polar surface area (TPSA) is 85.1 Å². The van der Waals surface area contributed by atoms with Gasteiger partial charge in [-0.05, 0) is 42.7 Å². The van der Waals surface area contributed by atoms with Crippen LogP contribution in [0.4, 0.5) is 0 Å². The standard InChI is InChI=1S/C14H23N3O2S/c1-10-5-11(2)7-13(6-10)17-20(18,19)14-4-3-12(8-15)9-16-14/h3-4,9-11,13,17H,5-8,15H2,1-2H3. The van der Waals surface area contributed by atoms with Crippen molar-refractivity contribution < 1.29 is 8.42 Å². The fourth-order valence-corrected chi connectivity index (χ4v) is 4.20. The summed E-state index contributed by atoms with van der Waals surface area (Å²) in [6.45, 7) is 4.70. The van der Waals surface area contributed by atoms with Crippen LogP contribution < -0.4 is 10.5 Å². The third kappa shape index (κ3) is 3.77. The van der Waals surface area contributed by atoms with Gasteiger partial charge in [-0.1, -0.05) is 19.9 Å². The van der Waals surface area contributed by atoms with Crippen molar-refractivity contribution >= 4 is 10.0 Å². The number of pyridine rings is 1. The summed E-state index contributed by atoms with van der Waals surface area (Å²) in [6, 6.07) is 3.23. The van der Waals surface area contributed by atoms with Crippen molar-refractivity contribution in [2.75, 3.05) is 0 Å². The van der Waals surface area contributed by atoms with E-state index in [0.29, 0.717) is 18.4 Å². The molecular formula is C14H23N3O2S. The minimum atomic E-state index is -3.53. The van der Waals surface area contributed by atoms with Crippen LogP contribution >= 0.6 is 0 Å². The number of hydrogen-bond donors (Lipinski definition) is 2. The molecular weight excluding hydrogens is 274 g/mol. The zero-order chi connectivity index (χ0) is 14.8. The zero-order valence-electron chi connectivity index (χ0n) is 12.0. The lowest BCUT2D eigenvalue weighted by molar-refractivity contribution is 0.257. The fraction of sp³-hybridized carbons (Fsp3) is 0.643. The van der Waals surface area contributed by atoms with E-state index < -0.39 is 10.0 Å². The molecule has 1 aromatic heterocycles. The summed E-state index contributed by atoms with van der Waals surface area (Å²) < 4.78 is 27.4. The second-order valence-electron chi connectivity index (χ2n) is 5.94. The Kier molecular flexibility index (Phi) is 4.78. The van der Waals surface area contributed by atoms with E-state index in [9.17, 15) is 8.42 Å². The summed E-state index contributed by atoms with van der Waals surface area (Å²) in [5, 5.41) is 0.0700. The first-order valence-electron chi connectivity index (χ1n) is 7.08. The second kappa shape index (κ2) is 6.20. The van der Waals surface area contributed by atoms with Gasteiger partial charge in [-0.2, -0.15) is 0 Å². The lowest BCUT2D eigenvalue weighted by Gasteiger charge is -2.31. The Hall–Kier alpha value is -0.980. The Bertz CT molecular complexity index is 532. The normalized spacial score (nSPS) is 27.4. The van der Waals surface area contributed by atoms with E-state index in [1.165, 1.54) is 18.7 Å². The minimum absolute atomic E-state index is 0.00901. The smallest absolute Gasteiger partial charge is 0.258 e. The van der Waals surface area contributed by atoms with Crippen molar-refractivity contribution in [1.82, 2.24) is 9.71 Å². The van der Waals surface area contributed by atoms with E-state index in [0.717, 1.165) is 18.4 Å². The first kappa shape index (κ1) is 15.4. The molecule has 0 aromatic carbocycles. The van der Waals surface area contributed by atoms with Gasteiger partial charge in [-0.3, -0.25) is 0 Å². The van der Waals surface area contributed by atoms with Gasteiger partial charge in [0.15, 0.2) is 5.03 Å².